The minimum atomic E-state index is -0.196. The molecule has 3 N–H and O–H groups in total. The summed E-state index contributed by atoms with van der Waals surface area (Å²) in [5, 5.41) is 13.8. The second kappa shape index (κ2) is 6.00. The van der Waals surface area contributed by atoms with E-state index in [2.05, 4.69) is 64.2 Å². The van der Waals surface area contributed by atoms with E-state index in [0.29, 0.717) is 11.7 Å². The largest absolute Gasteiger partial charge is 0.338 e. The van der Waals surface area contributed by atoms with Gasteiger partial charge in [0, 0.05) is 11.9 Å². The van der Waals surface area contributed by atoms with Crippen molar-refractivity contribution >= 4 is 22.8 Å². The Bertz CT molecular complexity index is 878. The Morgan fingerprint density at radius 2 is 1.92 bits per heavy atom. The molecule has 1 aliphatic carbocycles. The van der Waals surface area contributed by atoms with Crippen molar-refractivity contribution in [3.63, 3.8) is 0 Å². The maximum atomic E-state index is 11.9. The summed E-state index contributed by atoms with van der Waals surface area (Å²) in [6.45, 7) is 2.82. The molecule has 1 aromatic heterocycles. The number of hydrogen-bond acceptors (Lipinski definition) is 2. The molecule has 5 heteroatoms. The predicted molar refractivity (Wildman–Crippen MR) is 96.0 cm³/mol. The smallest absolute Gasteiger partial charge is 0.320 e. The molecule has 1 aliphatic rings. The zero-order valence-electron chi connectivity index (χ0n) is 13.6. The number of aryl methyl sites for hydroxylation is 1. The number of urea groups is 1. The van der Waals surface area contributed by atoms with Crippen LogP contribution in [-0.2, 0) is 0 Å². The van der Waals surface area contributed by atoms with Crippen molar-refractivity contribution in [2.75, 3.05) is 11.9 Å². The average Bonchev–Trinajstić information content (AvgIpc) is 3.35. The molecule has 0 spiro atoms. The van der Waals surface area contributed by atoms with Crippen molar-refractivity contribution in [1.29, 1.82) is 0 Å². The van der Waals surface area contributed by atoms with Crippen LogP contribution in [0.5, 0.6) is 0 Å². The Balaban J connectivity index is 1.53. The number of aromatic nitrogens is 2. The highest BCUT2D eigenvalue weighted by atomic mass is 16.2. The van der Waals surface area contributed by atoms with Gasteiger partial charge in [-0.2, -0.15) is 5.10 Å². The molecule has 24 heavy (non-hydrogen) atoms. The van der Waals surface area contributed by atoms with Gasteiger partial charge < -0.3 is 5.32 Å². The molecule has 1 fully saturated rings. The van der Waals surface area contributed by atoms with Crippen molar-refractivity contribution in [2.45, 2.75) is 19.8 Å². The van der Waals surface area contributed by atoms with Gasteiger partial charge in [-0.1, -0.05) is 35.9 Å². The van der Waals surface area contributed by atoms with E-state index < -0.39 is 0 Å². The Morgan fingerprint density at radius 1 is 1.17 bits per heavy atom. The highest BCUT2D eigenvalue weighted by molar-refractivity contribution is 6.00. The monoisotopic (exact) mass is 320 g/mol. The van der Waals surface area contributed by atoms with Crippen LogP contribution >= 0.6 is 0 Å². The van der Waals surface area contributed by atoms with Crippen LogP contribution in [0.3, 0.4) is 0 Å². The van der Waals surface area contributed by atoms with Crippen LogP contribution < -0.4 is 10.6 Å². The summed E-state index contributed by atoms with van der Waals surface area (Å²) < 4.78 is 0. The lowest BCUT2D eigenvalue weighted by Crippen LogP contribution is -2.30. The second-order valence-corrected chi connectivity index (χ2v) is 6.48. The molecule has 5 nitrogen and oxygen atoms in total. The van der Waals surface area contributed by atoms with Gasteiger partial charge in [-0.3, -0.25) is 10.4 Å². The maximum absolute atomic E-state index is 11.9. The molecule has 3 aromatic rings. The standard InChI is InChI=1S/C19H20N4O/c1-12-2-6-14(7-3-12)15-8-9-16-17(10-15)22-23-18(16)21-19(24)20-11-13-4-5-13/h2-3,6-10,13H,4-5,11H2,1H3,(H3,20,21,22,23,24). The van der Waals surface area contributed by atoms with E-state index in [4.69, 9.17) is 0 Å². The molecule has 0 unspecified atom stereocenters. The fourth-order valence-corrected chi connectivity index (χ4v) is 2.75. The number of hydrogen-bond donors (Lipinski definition) is 3. The zero-order chi connectivity index (χ0) is 16.5. The number of aromatic amines is 1. The summed E-state index contributed by atoms with van der Waals surface area (Å²) in [6, 6.07) is 14.3. The number of benzene rings is 2. The minimum Gasteiger partial charge on any atom is -0.338 e. The van der Waals surface area contributed by atoms with E-state index in [9.17, 15) is 4.79 Å². The number of anilines is 1. The topological polar surface area (TPSA) is 69.8 Å². The third-order valence-corrected chi connectivity index (χ3v) is 4.43. The molecule has 0 bridgehead atoms. The van der Waals surface area contributed by atoms with Crippen LogP contribution in [0.1, 0.15) is 18.4 Å². The third-order valence-electron chi connectivity index (χ3n) is 4.43. The Morgan fingerprint density at radius 3 is 2.67 bits per heavy atom. The van der Waals surface area contributed by atoms with Gasteiger partial charge in [-0.05, 0) is 48.9 Å². The maximum Gasteiger partial charge on any atom is 0.320 e. The Hall–Kier alpha value is -2.82. The summed E-state index contributed by atoms with van der Waals surface area (Å²) in [7, 11) is 0. The zero-order valence-corrected chi connectivity index (χ0v) is 13.6. The molecule has 0 aliphatic heterocycles. The summed E-state index contributed by atoms with van der Waals surface area (Å²) in [5.41, 5.74) is 4.43. The van der Waals surface area contributed by atoms with Crippen molar-refractivity contribution < 1.29 is 4.79 Å². The minimum absolute atomic E-state index is 0.196. The Kier molecular flexibility index (Phi) is 3.69. The number of amides is 2. The van der Waals surface area contributed by atoms with E-state index in [-0.39, 0.29) is 6.03 Å². The fourth-order valence-electron chi connectivity index (χ4n) is 2.75. The third kappa shape index (κ3) is 3.11. The molecular weight excluding hydrogens is 300 g/mol. The molecule has 0 atom stereocenters. The van der Waals surface area contributed by atoms with Crippen molar-refractivity contribution in [3.8, 4) is 11.1 Å². The second-order valence-electron chi connectivity index (χ2n) is 6.48. The summed E-state index contributed by atoms with van der Waals surface area (Å²) >= 11 is 0. The van der Waals surface area contributed by atoms with Gasteiger partial charge in [-0.15, -0.1) is 0 Å². The first-order valence-electron chi connectivity index (χ1n) is 8.29. The number of fused-ring (bicyclic) bond motifs is 1. The first-order valence-corrected chi connectivity index (χ1v) is 8.29. The molecular formula is C19H20N4O. The van der Waals surface area contributed by atoms with Crippen molar-refractivity contribution in [1.82, 2.24) is 15.5 Å². The molecule has 2 amide bonds. The quantitative estimate of drug-likeness (QED) is 0.678. The van der Waals surface area contributed by atoms with Crippen molar-refractivity contribution in [3.05, 3.63) is 48.0 Å². The summed E-state index contributed by atoms with van der Waals surface area (Å²) in [5.74, 6) is 1.22. The van der Waals surface area contributed by atoms with Gasteiger partial charge in [-0.25, -0.2) is 4.79 Å². The molecule has 4 rings (SSSR count). The number of nitrogens with one attached hydrogen (secondary N) is 3. The lowest BCUT2D eigenvalue weighted by atomic mass is 10.0. The van der Waals surface area contributed by atoms with Crippen LogP contribution in [0.2, 0.25) is 0 Å². The van der Waals surface area contributed by atoms with Crippen LogP contribution in [0, 0.1) is 12.8 Å². The molecule has 1 heterocycles. The molecule has 0 radical (unpaired) electrons. The highest BCUT2D eigenvalue weighted by Crippen LogP contribution is 2.28. The normalized spacial score (nSPS) is 13.9. The van der Waals surface area contributed by atoms with E-state index in [1.807, 2.05) is 6.07 Å². The van der Waals surface area contributed by atoms with E-state index in [0.717, 1.165) is 28.6 Å². The molecule has 1 saturated carbocycles. The van der Waals surface area contributed by atoms with Gasteiger partial charge in [0.1, 0.15) is 0 Å². The van der Waals surface area contributed by atoms with Crippen LogP contribution in [0.4, 0.5) is 10.6 Å². The van der Waals surface area contributed by atoms with Crippen LogP contribution in [0.15, 0.2) is 42.5 Å². The van der Waals surface area contributed by atoms with E-state index >= 15 is 0 Å². The SMILES string of the molecule is Cc1ccc(-c2ccc3c(NC(=O)NCC4CC4)n[nH]c3c2)cc1. The fraction of sp³-hybridized carbons (Fsp3) is 0.263. The highest BCUT2D eigenvalue weighted by Gasteiger charge is 2.21. The summed E-state index contributed by atoms with van der Waals surface area (Å²) in [4.78, 5) is 11.9. The lowest BCUT2D eigenvalue weighted by molar-refractivity contribution is 0.251. The van der Waals surface area contributed by atoms with E-state index in [1.165, 1.54) is 18.4 Å². The van der Waals surface area contributed by atoms with E-state index in [1.54, 1.807) is 0 Å². The van der Waals surface area contributed by atoms with Gasteiger partial charge in [0.25, 0.3) is 0 Å². The predicted octanol–water partition coefficient (Wildman–Crippen LogP) is 4.07. The number of nitrogens with zero attached hydrogens (tertiary/aromatic N) is 1. The van der Waals surface area contributed by atoms with Gasteiger partial charge in [0.2, 0.25) is 0 Å². The Labute approximate surface area is 140 Å². The first-order chi connectivity index (χ1) is 11.7. The average molecular weight is 320 g/mol. The molecule has 2 aromatic carbocycles. The summed E-state index contributed by atoms with van der Waals surface area (Å²) in [6.07, 6.45) is 2.43. The number of H-pyrrole nitrogens is 1. The van der Waals surface area contributed by atoms with Crippen LogP contribution in [-0.4, -0.2) is 22.8 Å². The molecule has 0 saturated heterocycles. The first kappa shape index (κ1) is 14.8. The van der Waals surface area contributed by atoms with Crippen LogP contribution in [0.25, 0.3) is 22.0 Å². The van der Waals surface area contributed by atoms with Gasteiger partial charge in [0.05, 0.1) is 5.52 Å². The van der Waals surface area contributed by atoms with Crippen molar-refractivity contribution in [2.24, 2.45) is 5.92 Å². The number of carbonyl (C=O) groups excluding carboxylic acids is 1. The number of carbonyl (C=O) groups is 1. The number of rotatable bonds is 4. The molecule has 122 valence electrons. The van der Waals surface area contributed by atoms with Gasteiger partial charge >= 0.3 is 6.03 Å². The lowest BCUT2D eigenvalue weighted by Gasteiger charge is -2.05. The van der Waals surface area contributed by atoms with Gasteiger partial charge in [0.15, 0.2) is 5.82 Å².